The predicted molar refractivity (Wildman–Crippen MR) is 65.7 cm³/mol. The molecule has 0 aromatic carbocycles. The van der Waals surface area contributed by atoms with Gasteiger partial charge in [0.15, 0.2) is 5.79 Å². The second-order valence-corrected chi connectivity index (χ2v) is 4.82. The molecule has 2 N–H and O–H groups in total. The Morgan fingerprint density at radius 3 is 2.42 bits per heavy atom. The first-order chi connectivity index (χ1) is 9.11. The van der Waals surface area contributed by atoms with E-state index in [0.717, 1.165) is 0 Å². The maximum absolute atomic E-state index is 11.8. The summed E-state index contributed by atoms with van der Waals surface area (Å²) >= 11 is 0. The van der Waals surface area contributed by atoms with Crippen molar-refractivity contribution in [2.45, 2.75) is 31.5 Å². The van der Waals surface area contributed by atoms with E-state index in [1.165, 1.54) is 0 Å². The number of ether oxygens (including phenoxy) is 2. The van der Waals surface area contributed by atoms with E-state index in [4.69, 9.17) is 14.6 Å². The van der Waals surface area contributed by atoms with Gasteiger partial charge in [-0.25, -0.2) is 4.79 Å². The zero-order valence-electron chi connectivity index (χ0n) is 10.9. The van der Waals surface area contributed by atoms with Crippen LogP contribution >= 0.6 is 0 Å². The summed E-state index contributed by atoms with van der Waals surface area (Å²) in [6.45, 7) is 2.85. The van der Waals surface area contributed by atoms with Crippen molar-refractivity contribution in [3.63, 3.8) is 0 Å². The van der Waals surface area contributed by atoms with Crippen molar-refractivity contribution in [1.29, 1.82) is 0 Å². The van der Waals surface area contributed by atoms with E-state index in [1.807, 2.05) is 0 Å². The van der Waals surface area contributed by atoms with E-state index in [1.54, 1.807) is 4.90 Å². The third-order valence-corrected chi connectivity index (χ3v) is 3.47. The summed E-state index contributed by atoms with van der Waals surface area (Å²) in [7, 11) is 0. The van der Waals surface area contributed by atoms with E-state index in [-0.39, 0.29) is 12.5 Å². The molecule has 0 radical (unpaired) electrons. The molecule has 7 heteroatoms. The molecule has 2 amide bonds. The summed E-state index contributed by atoms with van der Waals surface area (Å²) in [6.07, 6.45) is 1.90. The highest BCUT2D eigenvalue weighted by molar-refractivity contribution is 5.74. The number of carboxylic acids is 1. The molecule has 0 saturated carbocycles. The molecule has 2 saturated heterocycles. The monoisotopic (exact) mass is 272 g/mol. The average molecular weight is 272 g/mol. The molecule has 0 unspecified atom stereocenters. The van der Waals surface area contributed by atoms with Crippen LogP contribution < -0.4 is 5.32 Å². The van der Waals surface area contributed by atoms with Gasteiger partial charge in [-0.1, -0.05) is 0 Å². The zero-order valence-corrected chi connectivity index (χ0v) is 10.9. The molecule has 2 aliphatic rings. The fraction of sp³-hybridized carbons (Fsp3) is 0.833. The van der Waals surface area contributed by atoms with Crippen molar-refractivity contribution in [1.82, 2.24) is 10.2 Å². The number of hydrogen-bond donors (Lipinski definition) is 2. The molecule has 0 aromatic rings. The fourth-order valence-electron chi connectivity index (χ4n) is 2.38. The van der Waals surface area contributed by atoms with Crippen LogP contribution in [0.2, 0.25) is 0 Å². The summed E-state index contributed by atoms with van der Waals surface area (Å²) in [5, 5.41) is 11.2. The van der Waals surface area contributed by atoms with Gasteiger partial charge < -0.3 is 24.8 Å². The largest absolute Gasteiger partial charge is 0.481 e. The molecule has 19 heavy (non-hydrogen) atoms. The number of hydrogen-bond acceptors (Lipinski definition) is 4. The minimum Gasteiger partial charge on any atom is -0.481 e. The van der Waals surface area contributed by atoms with E-state index < -0.39 is 11.8 Å². The first kappa shape index (κ1) is 14.1. The van der Waals surface area contributed by atoms with Gasteiger partial charge in [-0.05, 0) is 6.42 Å². The number of aliphatic carboxylic acids is 1. The third kappa shape index (κ3) is 3.81. The number of carboxylic acid groups (broad SMARTS) is 1. The van der Waals surface area contributed by atoms with E-state index in [0.29, 0.717) is 52.1 Å². The number of urea groups is 1. The Bertz CT molecular complexity index is 331. The molecule has 2 fully saturated rings. The fourth-order valence-corrected chi connectivity index (χ4v) is 2.38. The van der Waals surface area contributed by atoms with Gasteiger partial charge in [0, 0.05) is 38.9 Å². The molecule has 2 aliphatic heterocycles. The minimum atomic E-state index is -0.843. The number of nitrogens with zero attached hydrogens (tertiary/aromatic N) is 1. The van der Waals surface area contributed by atoms with Gasteiger partial charge in [0.1, 0.15) is 0 Å². The summed E-state index contributed by atoms with van der Waals surface area (Å²) < 4.78 is 11.2. The van der Waals surface area contributed by atoms with Crippen molar-refractivity contribution >= 4 is 12.0 Å². The molecule has 7 nitrogen and oxygen atoms in total. The molecular weight excluding hydrogens is 252 g/mol. The second kappa shape index (κ2) is 6.21. The van der Waals surface area contributed by atoms with Gasteiger partial charge in [0.25, 0.3) is 0 Å². The molecular formula is C12H20N2O5. The molecule has 108 valence electrons. The van der Waals surface area contributed by atoms with Crippen molar-refractivity contribution in [3.05, 3.63) is 0 Å². The number of nitrogens with one attached hydrogen (secondary N) is 1. The lowest BCUT2D eigenvalue weighted by Crippen LogP contribution is -2.50. The summed E-state index contributed by atoms with van der Waals surface area (Å²) in [6, 6.07) is -0.141. The number of amides is 2. The van der Waals surface area contributed by atoms with Crippen LogP contribution in [0.25, 0.3) is 0 Å². The smallest absolute Gasteiger partial charge is 0.317 e. The third-order valence-electron chi connectivity index (χ3n) is 3.47. The van der Waals surface area contributed by atoms with Crippen molar-refractivity contribution < 1.29 is 24.2 Å². The average Bonchev–Trinajstić information content (AvgIpc) is 2.83. The Labute approximate surface area is 111 Å². The first-order valence-corrected chi connectivity index (χ1v) is 6.64. The van der Waals surface area contributed by atoms with Crippen molar-refractivity contribution in [2.24, 2.45) is 0 Å². The highest BCUT2D eigenvalue weighted by Gasteiger charge is 2.40. The Hall–Kier alpha value is -1.34. The minimum absolute atomic E-state index is 0.0745. The lowest BCUT2D eigenvalue weighted by Gasteiger charge is -2.37. The Morgan fingerprint density at radius 1 is 1.21 bits per heavy atom. The number of rotatable bonds is 4. The lowest BCUT2D eigenvalue weighted by atomic mass is 10.0. The van der Waals surface area contributed by atoms with E-state index >= 15 is 0 Å². The van der Waals surface area contributed by atoms with Gasteiger partial charge in [-0.2, -0.15) is 0 Å². The Balaban J connectivity index is 1.66. The normalized spacial score (nSPS) is 21.6. The lowest BCUT2D eigenvalue weighted by molar-refractivity contribution is -0.181. The maximum atomic E-state index is 11.8. The highest BCUT2D eigenvalue weighted by atomic mass is 16.7. The molecule has 0 aromatic heterocycles. The number of carbonyl (C=O) groups excluding carboxylic acids is 1. The Kier molecular flexibility index (Phi) is 4.60. The standard InChI is InChI=1S/C12H20N2O5/c15-10(16)2-1-5-13-11(17)14-6-3-12(4-7-14)18-8-9-19-12/h1-9H2,(H,13,17)(H,15,16). The van der Waals surface area contributed by atoms with Crippen LogP contribution in [0.1, 0.15) is 25.7 Å². The highest BCUT2D eigenvalue weighted by Crippen LogP contribution is 2.31. The van der Waals surface area contributed by atoms with Gasteiger partial charge in [0.05, 0.1) is 13.2 Å². The molecule has 0 bridgehead atoms. The van der Waals surface area contributed by atoms with Crippen LogP contribution in [0.4, 0.5) is 4.79 Å². The maximum Gasteiger partial charge on any atom is 0.317 e. The predicted octanol–water partition coefficient (Wildman–Crippen LogP) is 0.400. The van der Waals surface area contributed by atoms with Gasteiger partial charge in [-0.15, -0.1) is 0 Å². The van der Waals surface area contributed by atoms with Crippen molar-refractivity contribution in [3.8, 4) is 0 Å². The van der Waals surface area contributed by atoms with Crippen LogP contribution in [-0.4, -0.2) is 60.6 Å². The summed E-state index contributed by atoms with van der Waals surface area (Å²) in [5.41, 5.74) is 0. The quantitative estimate of drug-likeness (QED) is 0.723. The van der Waals surface area contributed by atoms with Crippen LogP contribution in [0.15, 0.2) is 0 Å². The number of likely N-dealkylation sites (tertiary alicyclic amines) is 1. The Morgan fingerprint density at radius 2 is 1.84 bits per heavy atom. The molecule has 1 spiro atoms. The number of piperidine rings is 1. The van der Waals surface area contributed by atoms with E-state index in [2.05, 4.69) is 5.32 Å². The first-order valence-electron chi connectivity index (χ1n) is 6.64. The number of carbonyl (C=O) groups is 2. The van der Waals surface area contributed by atoms with Crippen molar-refractivity contribution in [2.75, 3.05) is 32.8 Å². The van der Waals surface area contributed by atoms with Crippen LogP contribution in [0.5, 0.6) is 0 Å². The topological polar surface area (TPSA) is 88.1 Å². The van der Waals surface area contributed by atoms with E-state index in [9.17, 15) is 9.59 Å². The zero-order chi connectivity index (χ0) is 13.7. The van der Waals surface area contributed by atoms with Crippen LogP contribution in [0.3, 0.4) is 0 Å². The summed E-state index contributed by atoms with van der Waals surface area (Å²) in [4.78, 5) is 23.9. The second-order valence-electron chi connectivity index (χ2n) is 4.82. The van der Waals surface area contributed by atoms with Gasteiger partial charge in [-0.3, -0.25) is 4.79 Å². The SMILES string of the molecule is O=C(O)CCCNC(=O)N1CCC2(CC1)OCCO2. The van der Waals surface area contributed by atoms with Crippen LogP contribution in [0, 0.1) is 0 Å². The molecule has 0 aliphatic carbocycles. The molecule has 0 atom stereocenters. The summed E-state index contributed by atoms with van der Waals surface area (Å²) in [5.74, 6) is -1.32. The molecule has 2 heterocycles. The van der Waals surface area contributed by atoms with Gasteiger partial charge >= 0.3 is 12.0 Å². The van der Waals surface area contributed by atoms with Crippen LogP contribution in [-0.2, 0) is 14.3 Å². The molecule has 2 rings (SSSR count). The van der Waals surface area contributed by atoms with Gasteiger partial charge in [0.2, 0.25) is 0 Å².